The highest BCUT2D eigenvalue weighted by Gasteiger charge is 2.10. The van der Waals surface area contributed by atoms with Crippen LogP contribution in [0, 0.1) is 12.7 Å². The summed E-state index contributed by atoms with van der Waals surface area (Å²) in [4.78, 5) is 32.7. The Morgan fingerprint density at radius 2 is 1.31 bits per heavy atom. The molecule has 172 valence electrons. The molecule has 0 radical (unpaired) electrons. The average Bonchev–Trinajstić information content (AvgIpc) is 3.29. The fraction of sp³-hybridized carbons (Fsp3) is 0.0357. The van der Waals surface area contributed by atoms with Gasteiger partial charge < -0.3 is 15.6 Å². The number of anilines is 2. The van der Waals surface area contributed by atoms with E-state index in [2.05, 4.69) is 20.6 Å². The third-order valence-electron chi connectivity index (χ3n) is 5.58. The van der Waals surface area contributed by atoms with E-state index >= 15 is 0 Å². The summed E-state index contributed by atoms with van der Waals surface area (Å²) in [5, 5.41) is 5.71. The Labute approximate surface area is 200 Å². The largest absolute Gasteiger partial charge is 0.338 e. The van der Waals surface area contributed by atoms with Crippen molar-refractivity contribution in [2.24, 2.45) is 0 Å². The number of amides is 2. The van der Waals surface area contributed by atoms with Crippen molar-refractivity contribution in [2.45, 2.75) is 6.92 Å². The molecule has 0 aliphatic heterocycles. The van der Waals surface area contributed by atoms with Gasteiger partial charge >= 0.3 is 0 Å². The molecule has 1 aromatic heterocycles. The van der Waals surface area contributed by atoms with Crippen molar-refractivity contribution in [3.05, 3.63) is 114 Å². The second-order valence-electron chi connectivity index (χ2n) is 8.18. The van der Waals surface area contributed by atoms with Crippen LogP contribution in [-0.2, 0) is 0 Å². The van der Waals surface area contributed by atoms with Gasteiger partial charge in [-0.1, -0.05) is 17.7 Å². The first-order valence-corrected chi connectivity index (χ1v) is 11.0. The van der Waals surface area contributed by atoms with Crippen LogP contribution < -0.4 is 10.6 Å². The van der Waals surface area contributed by atoms with Crippen molar-refractivity contribution in [2.75, 3.05) is 10.6 Å². The van der Waals surface area contributed by atoms with Gasteiger partial charge in [0, 0.05) is 28.1 Å². The van der Waals surface area contributed by atoms with E-state index in [0.717, 1.165) is 22.2 Å². The van der Waals surface area contributed by atoms with Crippen molar-refractivity contribution in [1.29, 1.82) is 0 Å². The van der Waals surface area contributed by atoms with Crippen LogP contribution in [0.25, 0.3) is 22.4 Å². The molecule has 4 aromatic carbocycles. The van der Waals surface area contributed by atoms with Crippen LogP contribution in [0.4, 0.5) is 15.8 Å². The van der Waals surface area contributed by atoms with Crippen LogP contribution in [-0.4, -0.2) is 21.8 Å². The van der Waals surface area contributed by atoms with E-state index in [1.165, 1.54) is 24.3 Å². The maximum Gasteiger partial charge on any atom is 0.255 e. The number of nitrogens with zero attached hydrogens (tertiary/aromatic N) is 1. The Bertz CT molecular complexity index is 1520. The monoisotopic (exact) mass is 464 g/mol. The summed E-state index contributed by atoms with van der Waals surface area (Å²) >= 11 is 0. The minimum Gasteiger partial charge on any atom is -0.338 e. The summed E-state index contributed by atoms with van der Waals surface area (Å²) in [5.74, 6) is -0.225. The molecule has 0 aliphatic carbocycles. The molecule has 0 atom stereocenters. The zero-order valence-corrected chi connectivity index (χ0v) is 18.8. The Balaban J connectivity index is 1.30. The molecule has 0 aliphatic rings. The number of carbonyl (C=O) groups excluding carboxylic acids is 2. The number of nitrogens with one attached hydrogen (secondary N) is 3. The Morgan fingerprint density at radius 1 is 0.743 bits per heavy atom. The summed E-state index contributed by atoms with van der Waals surface area (Å²) in [7, 11) is 0. The number of H-pyrrole nitrogens is 1. The smallest absolute Gasteiger partial charge is 0.255 e. The number of rotatable bonds is 5. The quantitative estimate of drug-likeness (QED) is 0.290. The van der Waals surface area contributed by atoms with Crippen molar-refractivity contribution >= 4 is 34.2 Å². The molecule has 0 saturated heterocycles. The second kappa shape index (κ2) is 9.23. The number of carbonyl (C=O) groups is 2. The first kappa shape index (κ1) is 22.0. The Kier molecular flexibility index (Phi) is 5.81. The minimum atomic E-state index is -0.394. The number of aryl methyl sites for hydroxylation is 1. The lowest BCUT2D eigenvalue weighted by Crippen LogP contribution is -2.11. The molecule has 2 amide bonds. The van der Waals surface area contributed by atoms with E-state index in [1.807, 2.05) is 49.4 Å². The van der Waals surface area contributed by atoms with Crippen molar-refractivity contribution < 1.29 is 14.0 Å². The number of hydrogen-bond acceptors (Lipinski definition) is 3. The molecule has 3 N–H and O–H groups in total. The van der Waals surface area contributed by atoms with Crippen LogP contribution in [0.1, 0.15) is 26.3 Å². The molecule has 7 heteroatoms. The third-order valence-corrected chi connectivity index (χ3v) is 5.58. The highest BCUT2D eigenvalue weighted by Crippen LogP contribution is 2.24. The van der Waals surface area contributed by atoms with Crippen LogP contribution in [0.3, 0.4) is 0 Å². The highest BCUT2D eigenvalue weighted by atomic mass is 19.1. The molecule has 5 aromatic rings. The van der Waals surface area contributed by atoms with Gasteiger partial charge in [-0.2, -0.15) is 0 Å². The summed E-state index contributed by atoms with van der Waals surface area (Å²) in [6.07, 6.45) is 0. The van der Waals surface area contributed by atoms with Gasteiger partial charge in [0.25, 0.3) is 11.8 Å². The number of aromatic amines is 1. The second-order valence-corrected chi connectivity index (χ2v) is 8.18. The molecule has 0 unspecified atom stereocenters. The van der Waals surface area contributed by atoms with Crippen LogP contribution >= 0.6 is 0 Å². The lowest BCUT2D eigenvalue weighted by molar-refractivity contribution is 0.101. The van der Waals surface area contributed by atoms with Gasteiger partial charge in [0.15, 0.2) is 0 Å². The number of benzene rings is 4. The van der Waals surface area contributed by atoms with E-state index < -0.39 is 5.82 Å². The molecule has 0 spiro atoms. The van der Waals surface area contributed by atoms with Gasteiger partial charge in [-0.3, -0.25) is 9.59 Å². The van der Waals surface area contributed by atoms with E-state index in [-0.39, 0.29) is 11.8 Å². The van der Waals surface area contributed by atoms with Gasteiger partial charge in [-0.15, -0.1) is 0 Å². The molecular formula is C28H21FN4O2. The summed E-state index contributed by atoms with van der Waals surface area (Å²) in [6, 6.07) is 25.5. The van der Waals surface area contributed by atoms with Crippen LogP contribution in [0.2, 0.25) is 0 Å². The first-order valence-electron chi connectivity index (χ1n) is 11.0. The molecule has 5 rings (SSSR count). The molecular weight excluding hydrogens is 443 g/mol. The zero-order valence-electron chi connectivity index (χ0n) is 18.8. The minimum absolute atomic E-state index is 0.170. The summed E-state index contributed by atoms with van der Waals surface area (Å²) < 4.78 is 13.1. The van der Waals surface area contributed by atoms with E-state index in [9.17, 15) is 14.0 Å². The van der Waals surface area contributed by atoms with Crippen molar-refractivity contribution in [3.63, 3.8) is 0 Å². The van der Waals surface area contributed by atoms with Crippen molar-refractivity contribution in [3.8, 4) is 11.4 Å². The van der Waals surface area contributed by atoms with E-state index in [0.29, 0.717) is 28.3 Å². The van der Waals surface area contributed by atoms with Crippen LogP contribution in [0.5, 0.6) is 0 Å². The Hall–Kier alpha value is -4.78. The predicted molar refractivity (Wildman–Crippen MR) is 135 cm³/mol. The van der Waals surface area contributed by atoms with Crippen LogP contribution in [0.15, 0.2) is 91.0 Å². The van der Waals surface area contributed by atoms with Gasteiger partial charge in [-0.25, -0.2) is 9.37 Å². The number of fused-ring (bicyclic) bond motifs is 1. The molecule has 6 nitrogen and oxygen atoms in total. The highest BCUT2D eigenvalue weighted by molar-refractivity contribution is 6.05. The molecule has 0 saturated carbocycles. The van der Waals surface area contributed by atoms with Gasteiger partial charge in [0.1, 0.15) is 11.6 Å². The maximum atomic E-state index is 13.1. The average molecular weight is 465 g/mol. The topological polar surface area (TPSA) is 86.9 Å². The summed E-state index contributed by atoms with van der Waals surface area (Å²) in [5.41, 5.74) is 5.69. The zero-order chi connectivity index (χ0) is 24.4. The fourth-order valence-electron chi connectivity index (χ4n) is 3.65. The standard InChI is InChI=1S/C28H21FN4O2/c1-17-2-4-19(5-3-17)27(34)30-22-12-8-18(9-13-22)26-32-24-15-14-23(16-25(24)33-26)31-28(35)20-6-10-21(29)11-7-20/h2-16H,1H3,(H,30,34)(H,31,35)(H,32,33). The van der Waals surface area contributed by atoms with E-state index in [4.69, 9.17) is 0 Å². The number of hydrogen-bond donors (Lipinski definition) is 3. The Morgan fingerprint density at radius 3 is 1.97 bits per heavy atom. The molecule has 1 heterocycles. The third kappa shape index (κ3) is 4.94. The lowest BCUT2D eigenvalue weighted by Gasteiger charge is -2.06. The van der Waals surface area contributed by atoms with Gasteiger partial charge in [-0.05, 0) is 85.8 Å². The first-order chi connectivity index (χ1) is 16.9. The number of aromatic nitrogens is 2. The normalized spacial score (nSPS) is 10.8. The number of imidazole rings is 1. The number of halogens is 1. The lowest BCUT2D eigenvalue weighted by atomic mass is 10.1. The molecule has 0 bridgehead atoms. The van der Waals surface area contributed by atoms with Crippen molar-refractivity contribution in [1.82, 2.24) is 9.97 Å². The maximum absolute atomic E-state index is 13.1. The molecule has 35 heavy (non-hydrogen) atoms. The van der Waals surface area contributed by atoms with Gasteiger partial charge in [0.2, 0.25) is 0 Å². The predicted octanol–water partition coefficient (Wildman–Crippen LogP) is 6.18. The van der Waals surface area contributed by atoms with E-state index in [1.54, 1.807) is 24.3 Å². The summed E-state index contributed by atoms with van der Waals surface area (Å²) in [6.45, 7) is 1.98. The van der Waals surface area contributed by atoms with Gasteiger partial charge in [0.05, 0.1) is 11.0 Å². The SMILES string of the molecule is Cc1ccc(C(=O)Nc2ccc(-c3nc4ccc(NC(=O)c5ccc(F)cc5)cc4[nH]3)cc2)cc1. The fourth-order valence-corrected chi connectivity index (χ4v) is 3.65. The molecule has 0 fully saturated rings.